The zero-order chi connectivity index (χ0) is 32.6. The topological polar surface area (TPSA) is 177 Å². The second kappa shape index (κ2) is 14.1. The maximum absolute atomic E-state index is 13.2. The Hall–Kier alpha value is -5.52. The Kier molecular flexibility index (Phi) is 10.6. The van der Waals surface area contributed by atoms with Gasteiger partial charge < -0.3 is 19.9 Å². The lowest BCUT2D eigenvalue weighted by molar-refractivity contribution is -0.159. The number of carboxylic acids is 1. The van der Waals surface area contributed by atoms with Crippen LogP contribution in [0.15, 0.2) is 72.8 Å². The van der Waals surface area contributed by atoms with Crippen molar-refractivity contribution in [3.8, 4) is 0 Å². The van der Waals surface area contributed by atoms with Crippen LogP contribution < -0.4 is 16.2 Å². The van der Waals surface area contributed by atoms with Crippen molar-refractivity contribution in [2.24, 2.45) is 5.41 Å². The number of benzene rings is 3. The van der Waals surface area contributed by atoms with Gasteiger partial charge in [0.25, 0.3) is 11.8 Å². The minimum absolute atomic E-state index is 0.0101. The molecule has 3 amide bonds. The summed E-state index contributed by atoms with van der Waals surface area (Å²) in [6, 6.07) is 18.0. The number of hydrogen-bond acceptors (Lipinski definition) is 8. The van der Waals surface area contributed by atoms with Crippen molar-refractivity contribution in [2.45, 2.75) is 46.8 Å². The molecule has 0 aliphatic heterocycles. The van der Waals surface area contributed by atoms with Gasteiger partial charge in [0.2, 0.25) is 18.1 Å². The zero-order valence-corrected chi connectivity index (χ0v) is 24.8. The van der Waals surface area contributed by atoms with E-state index in [4.69, 9.17) is 9.47 Å². The molecule has 0 fully saturated rings. The molecule has 3 aromatic rings. The molecule has 0 aliphatic carbocycles. The third kappa shape index (κ3) is 8.99. The maximum atomic E-state index is 13.2. The Morgan fingerprint density at radius 3 is 1.64 bits per heavy atom. The molecular formula is C32H33N3O9. The molecule has 0 spiro atoms. The number of hydrogen-bond donors (Lipinski definition) is 4. The van der Waals surface area contributed by atoms with Gasteiger partial charge in [-0.3, -0.25) is 25.2 Å². The molecule has 0 unspecified atom stereocenters. The highest BCUT2D eigenvalue weighted by Crippen LogP contribution is 2.18. The molecule has 3 aromatic carbocycles. The minimum atomic E-state index is -2.28. The summed E-state index contributed by atoms with van der Waals surface area (Å²) in [5, 5.41) is 12.6. The van der Waals surface area contributed by atoms with Gasteiger partial charge in [0.15, 0.2) is 0 Å². The summed E-state index contributed by atoms with van der Waals surface area (Å²) in [5.41, 5.74) is 5.44. The van der Waals surface area contributed by atoms with E-state index in [1.165, 1.54) is 48.5 Å². The van der Waals surface area contributed by atoms with Crippen LogP contribution in [-0.2, 0) is 23.9 Å². The van der Waals surface area contributed by atoms with Gasteiger partial charge in [-0.15, -0.1) is 0 Å². The highest BCUT2D eigenvalue weighted by molar-refractivity contribution is 6.00. The molecule has 4 N–H and O–H groups in total. The third-order valence-electron chi connectivity index (χ3n) is 6.14. The fourth-order valence-corrected chi connectivity index (χ4v) is 3.69. The molecule has 12 nitrogen and oxygen atoms in total. The lowest BCUT2D eigenvalue weighted by atomic mass is 9.95. The molecule has 2 atom stereocenters. The van der Waals surface area contributed by atoms with Crippen LogP contribution in [0.5, 0.6) is 0 Å². The Morgan fingerprint density at radius 1 is 0.682 bits per heavy atom. The molecule has 0 radical (unpaired) electrons. The summed E-state index contributed by atoms with van der Waals surface area (Å²) in [6.45, 7) is 8.67. The average Bonchev–Trinajstić information content (AvgIpc) is 2.97. The number of carboxylic acid groups (broad SMARTS) is 1. The first-order valence-electron chi connectivity index (χ1n) is 13.5. The van der Waals surface area contributed by atoms with E-state index in [2.05, 4.69) is 10.7 Å². The second-order valence-corrected chi connectivity index (χ2v) is 11.0. The summed E-state index contributed by atoms with van der Waals surface area (Å²) in [4.78, 5) is 76.0. The van der Waals surface area contributed by atoms with E-state index < -0.39 is 47.3 Å². The number of aryl methyl sites for hydroxylation is 2. The molecule has 0 saturated carbocycles. The van der Waals surface area contributed by atoms with E-state index in [0.29, 0.717) is 16.8 Å². The maximum Gasteiger partial charge on any atom is 0.349 e. The van der Waals surface area contributed by atoms with Crippen molar-refractivity contribution in [2.75, 3.05) is 5.32 Å². The number of nitrogens with one attached hydrogen (secondary N) is 3. The average molecular weight is 604 g/mol. The first kappa shape index (κ1) is 33.0. The summed E-state index contributed by atoms with van der Waals surface area (Å²) in [5.74, 6) is -6.23. The summed E-state index contributed by atoms with van der Waals surface area (Å²) >= 11 is 0. The number of rotatable bonds is 9. The first-order valence-corrected chi connectivity index (χ1v) is 13.5. The number of amides is 3. The smallest absolute Gasteiger partial charge is 0.349 e. The first-order chi connectivity index (χ1) is 20.6. The van der Waals surface area contributed by atoms with Gasteiger partial charge in [-0.1, -0.05) is 56.2 Å². The van der Waals surface area contributed by atoms with Crippen molar-refractivity contribution < 1.29 is 43.3 Å². The Morgan fingerprint density at radius 2 is 1.18 bits per heavy atom. The van der Waals surface area contributed by atoms with E-state index in [1.807, 2.05) is 5.43 Å². The predicted octanol–water partition coefficient (Wildman–Crippen LogP) is 3.58. The molecule has 0 bridgehead atoms. The van der Waals surface area contributed by atoms with Crippen LogP contribution in [0.2, 0.25) is 0 Å². The minimum Gasteiger partial charge on any atom is -0.478 e. The quantitative estimate of drug-likeness (QED) is 0.210. The summed E-state index contributed by atoms with van der Waals surface area (Å²) < 4.78 is 10.4. The van der Waals surface area contributed by atoms with E-state index in [-0.39, 0.29) is 22.6 Å². The van der Waals surface area contributed by atoms with Crippen molar-refractivity contribution in [1.29, 1.82) is 0 Å². The van der Waals surface area contributed by atoms with Crippen LogP contribution in [0.1, 0.15) is 63.0 Å². The van der Waals surface area contributed by atoms with Gasteiger partial charge in [-0.2, -0.15) is 0 Å². The highest BCUT2D eigenvalue weighted by atomic mass is 16.6. The number of esters is 2. The lowest BCUT2D eigenvalue weighted by Gasteiger charge is -2.23. The summed E-state index contributed by atoms with van der Waals surface area (Å²) in [6.07, 6.45) is -4.48. The molecule has 0 aromatic heterocycles. The molecule has 44 heavy (non-hydrogen) atoms. The Labute approximate surface area is 253 Å². The van der Waals surface area contributed by atoms with Gasteiger partial charge in [-0.05, 0) is 62.4 Å². The monoisotopic (exact) mass is 603 g/mol. The highest BCUT2D eigenvalue weighted by Gasteiger charge is 2.41. The lowest BCUT2D eigenvalue weighted by Crippen LogP contribution is -2.54. The molecule has 12 heteroatoms. The Balaban J connectivity index is 1.80. The molecular weight excluding hydrogens is 570 g/mol. The molecule has 0 saturated heterocycles. The molecule has 230 valence electrons. The van der Waals surface area contributed by atoms with Crippen LogP contribution in [0.3, 0.4) is 0 Å². The van der Waals surface area contributed by atoms with Crippen LogP contribution >= 0.6 is 0 Å². The number of aliphatic carboxylic acids is 1. The van der Waals surface area contributed by atoms with Crippen LogP contribution in [0.4, 0.5) is 5.69 Å². The zero-order valence-electron chi connectivity index (χ0n) is 24.8. The van der Waals surface area contributed by atoms with E-state index in [1.54, 1.807) is 58.9 Å². The van der Waals surface area contributed by atoms with Crippen LogP contribution in [-0.4, -0.2) is 52.9 Å². The standard InChI is InChI=1S/C32H33N3O9/c1-18-8-6-10-21(16-18)29(40)43-24(25(28(38)39)44-30(41)22-11-7-9-19(2)17-22)27(37)35-34-26(36)20-12-14-23(15-13-20)33-31(42)32(3,4)5/h6-17,24-25H,1-5H3,(H,33,42)(H,34,36)(H,35,37)(H,38,39)/t24-,25+/m1/s1. The number of carbonyl (C=O) groups excluding carboxylic acids is 5. The van der Waals surface area contributed by atoms with Crippen LogP contribution in [0, 0.1) is 19.3 Å². The van der Waals surface area contributed by atoms with Crippen LogP contribution in [0.25, 0.3) is 0 Å². The second-order valence-electron chi connectivity index (χ2n) is 11.0. The molecule has 0 heterocycles. The number of hydrazine groups is 1. The number of anilines is 1. The van der Waals surface area contributed by atoms with Gasteiger partial charge in [0.05, 0.1) is 11.1 Å². The van der Waals surface area contributed by atoms with Gasteiger partial charge in [0.1, 0.15) is 0 Å². The largest absolute Gasteiger partial charge is 0.478 e. The van der Waals surface area contributed by atoms with Crippen molar-refractivity contribution >= 4 is 41.3 Å². The predicted molar refractivity (Wildman–Crippen MR) is 159 cm³/mol. The fraction of sp³-hybridized carbons (Fsp3) is 0.250. The van der Waals surface area contributed by atoms with E-state index in [9.17, 15) is 33.9 Å². The molecule has 0 aliphatic rings. The van der Waals surface area contributed by atoms with Crippen molar-refractivity contribution in [3.63, 3.8) is 0 Å². The number of ether oxygens (including phenoxy) is 2. The fourth-order valence-electron chi connectivity index (χ4n) is 3.69. The molecule has 3 rings (SSSR count). The van der Waals surface area contributed by atoms with E-state index >= 15 is 0 Å². The number of carbonyl (C=O) groups is 6. The van der Waals surface area contributed by atoms with Gasteiger partial charge in [0, 0.05) is 16.7 Å². The van der Waals surface area contributed by atoms with E-state index in [0.717, 1.165) is 0 Å². The van der Waals surface area contributed by atoms with Gasteiger partial charge in [-0.25, -0.2) is 14.4 Å². The Bertz CT molecular complexity index is 1580. The van der Waals surface area contributed by atoms with Crippen molar-refractivity contribution in [1.82, 2.24) is 10.9 Å². The SMILES string of the molecule is Cc1cccc(C(=O)O[C@H](C(=O)O)[C@@H](OC(=O)c2cccc(C)c2)C(=O)NNC(=O)c2ccc(NC(=O)C(C)(C)C)cc2)c1. The normalized spacial score (nSPS) is 12.2. The third-order valence-corrected chi connectivity index (χ3v) is 6.14. The van der Waals surface area contributed by atoms with Gasteiger partial charge >= 0.3 is 17.9 Å². The van der Waals surface area contributed by atoms with Crippen molar-refractivity contribution in [3.05, 3.63) is 101 Å². The summed E-state index contributed by atoms with van der Waals surface area (Å²) in [7, 11) is 0.